The number of aromatic nitrogens is 2. The second kappa shape index (κ2) is 7.31. The summed E-state index contributed by atoms with van der Waals surface area (Å²) in [6.45, 7) is 3.33. The van der Waals surface area contributed by atoms with Crippen molar-refractivity contribution in [3.8, 4) is 0 Å². The van der Waals surface area contributed by atoms with E-state index < -0.39 is 0 Å². The fourth-order valence-corrected chi connectivity index (χ4v) is 3.84. The minimum atomic E-state index is 0.699. The summed E-state index contributed by atoms with van der Waals surface area (Å²) in [5.74, 6) is 2.47. The van der Waals surface area contributed by atoms with Crippen LogP contribution in [0.15, 0.2) is 48.8 Å². The van der Waals surface area contributed by atoms with Crippen LogP contribution in [0.1, 0.15) is 37.2 Å². The predicted molar refractivity (Wildman–Crippen MR) is 97.2 cm³/mol. The zero-order valence-electron chi connectivity index (χ0n) is 14.1. The SMILES string of the molecule is c1ccc([C@@H]2C[C@H]2NCCC2CCN(c3ncccn3)CC2)cc1. The number of anilines is 1. The van der Waals surface area contributed by atoms with E-state index in [1.54, 1.807) is 0 Å². The molecule has 4 nitrogen and oxygen atoms in total. The van der Waals surface area contributed by atoms with Gasteiger partial charge in [0, 0.05) is 37.4 Å². The van der Waals surface area contributed by atoms with Crippen molar-refractivity contribution in [2.75, 3.05) is 24.5 Å². The first-order chi connectivity index (χ1) is 11.9. The van der Waals surface area contributed by atoms with Crippen molar-refractivity contribution in [3.05, 3.63) is 54.4 Å². The molecule has 4 heteroatoms. The molecule has 1 aromatic heterocycles. The molecule has 1 saturated carbocycles. The average molecular weight is 322 g/mol. The molecule has 2 atom stereocenters. The van der Waals surface area contributed by atoms with Crippen molar-refractivity contribution >= 4 is 5.95 Å². The van der Waals surface area contributed by atoms with Gasteiger partial charge in [-0.1, -0.05) is 30.3 Å². The summed E-state index contributed by atoms with van der Waals surface area (Å²) in [4.78, 5) is 11.0. The van der Waals surface area contributed by atoms with Crippen molar-refractivity contribution in [2.24, 2.45) is 5.92 Å². The van der Waals surface area contributed by atoms with Gasteiger partial charge < -0.3 is 10.2 Å². The Morgan fingerprint density at radius 1 is 1.00 bits per heavy atom. The minimum absolute atomic E-state index is 0.699. The van der Waals surface area contributed by atoms with E-state index in [4.69, 9.17) is 0 Å². The van der Waals surface area contributed by atoms with Crippen LogP contribution < -0.4 is 10.2 Å². The van der Waals surface area contributed by atoms with Gasteiger partial charge in [0.1, 0.15) is 0 Å². The van der Waals surface area contributed by atoms with Crippen LogP contribution in [-0.4, -0.2) is 35.6 Å². The van der Waals surface area contributed by atoms with Gasteiger partial charge in [-0.15, -0.1) is 0 Å². The first kappa shape index (κ1) is 15.6. The van der Waals surface area contributed by atoms with Crippen molar-refractivity contribution < 1.29 is 0 Å². The number of benzene rings is 1. The van der Waals surface area contributed by atoms with Crippen LogP contribution in [-0.2, 0) is 0 Å². The van der Waals surface area contributed by atoms with E-state index in [1.165, 1.54) is 31.2 Å². The molecule has 2 aliphatic rings. The van der Waals surface area contributed by atoms with E-state index in [0.29, 0.717) is 6.04 Å². The smallest absolute Gasteiger partial charge is 0.225 e. The summed E-state index contributed by atoms with van der Waals surface area (Å²) >= 11 is 0. The maximum absolute atomic E-state index is 4.36. The van der Waals surface area contributed by atoms with Crippen molar-refractivity contribution in [2.45, 2.75) is 37.6 Å². The lowest BCUT2D eigenvalue weighted by Crippen LogP contribution is -2.35. The third-order valence-corrected chi connectivity index (χ3v) is 5.43. The van der Waals surface area contributed by atoms with Gasteiger partial charge in [-0.2, -0.15) is 0 Å². The van der Waals surface area contributed by atoms with E-state index in [0.717, 1.165) is 37.4 Å². The Balaban J connectivity index is 1.15. The summed E-state index contributed by atoms with van der Waals surface area (Å²) in [6, 6.07) is 13.5. The third-order valence-electron chi connectivity index (χ3n) is 5.43. The number of nitrogens with one attached hydrogen (secondary N) is 1. The molecule has 0 unspecified atom stereocenters. The second-order valence-electron chi connectivity index (χ2n) is 7.08. The van der Waals surface area contributed by atoms with Gasteiger partial charge in [0.15, 0.2) is 0 Å². The molecule has 0 radical (unpaired) electrons. The Kier molecular flexibility index (Phi) is 4.74. The number of hydrogen-bond donors (Lipinski definition) is 1. The van der Waals surface area contributed by atoms with Crippen molar-refractivity contribution in [1.82, 2.24) is 15.3 Å². The van der Waals surface area contributed by atoms with Gasteiger partial charge in [0.05, 0.1) is 0 Å². The molecule has 1 saturated heterocycles. The van der Waals surface area contributed by atoms with Crippen LogP contribution >= 0.6 is 0 Å². The highest BCUT2D eigenvalue weighted by Gasteiger charge is 2.37. The van der Waals surface area contributed by atoms with Crippen LogP contribution in [0.2, 0.25) is 0 Å². The minimum Gasteiger partial charge on any atom is -0.341 e. The van der Waals surface area contributed by atoms with Gasteiger partial charge in [0.2, 0.25) is 5.95 Å². The summed E-state index contributed by atoms with van der Waals surface area (Å²) in [7, 11) is 0. The Bertz CT molecular complexity index is 623. The lowest BCUT2D eigenvalue weighted by Gasteiger charge is -2.32. The van der Waals surface area contributed by atoms with E-state index in [2.05, 4.69) is 50.5 Å². The molecule has 126 valence electrons. The Labute approximate surface area is 144 Å². The highest BCUT2D eigenvalue weighted by Crippen LogP contribution is 2.40. The van der Waals surface area contributed by atoms with Crippen LogP contribution in [0.4, 0.5) is 5.95 Å². The molecular weight excluding hydrogens is 296 g/mol. The van der Waals surface area contributed by atoms with E-state index >= 15 is 0 Å². The van der Waals surface area contributed by atoms with Gasteiger partial charge in [-0.05, 0) is 49.8 Å². The zero-order valence-corrected chi connectivity index (χ0v) is 14.1. The fourth-order valence-electron chi connectivity index (χ4n) is 3.84. The highest BCUT2D eigenvalue weighted by molar-refractivity contribution is 5.29. The van der Waals surface area contributed by atoms with Crippen LogP contribution in [0.25, 0.3) is 0 Å². The molecule has 0 spiro atoms. The number of nitrogens with zero attached hydrogens (tertiary/aromatic N) is 3. The highest BCUT2D eigenvalue weighted by atomic mass is 15.2. The zero-order chi connectivity index (χ0) is 16.2. The summed E-state index contributed by atoms with van der Waals surface area (Å²) in [5, 5.41) is 3.76. The standard InChI is InChI=1S/C20H26N4/c1-2-5-17(6-3-1)18-15-19(18)21-12-7-16-8-13-24(14-9-16)20-22-10-4-11-23-20/h1-6,10-11,16,18-19,21H,7-9,12-15H2/t18-,19+/m0/s1. The van der Waals surface area contributed by atoms with E-state index in [-0.39, 0.29) is 0 Å². The Morgan fingerprint density at radius 3 is 2.50 bits per heavy atom. The van der Waals surface area contributed by atoms with E-state index in [9.17, 15) is 0 Å². The first-order valence-electron chi connectivity index (χ1n) is 9.20. The molecule has 1 N–H and O–H groups in total. The maximum Gasteiger partial charge on any atom is 0.225 e. The summed E-state index contributed by atoms with van der Waals surface area (Å²) in [5.41, 5.74) is 1.49. The van der Waals surface area contributed by atoms with Gasteiger partial charge in [-0.3, -0.25) is 0 Å². The molecule has 2 aromatic rings. The molecule has 1 aromatic carbocycles. The maximum atomic E-state index is 4.36. The number of hydrogen-bond acceptors (Lipinski definition) is 4. The van der Waals surface area contributed by atoms with Crippen molar-refractivity contribution in [3.63, 3.8) is 0 Å². The number of rotatable bonds is 6. The summed E-state index contributed by atoms with van der Waals surface area (Å²) < 4.78 is 0. The van der Waals surface area contributed by atoms with Gasteiger partial charge in [-0.25, -0.2) is 9.97 Å². The monoisotopic (exact) mass is 322 g/mol. The molecule has 2 fully saturated rings. The fraction of sp³-hybridized carbons (Fsp3) is 0.500. The molecule has 24 heavy (non-hydrogen) atoms. The number of piperidine rings is 1. The molecule has 1 aliphatic carbocycles. The lowest BCUT2D eigenvalue weighted by atomic mass is 9.93. The van der Waals surface area contributed by atoms with Gasteiger partial charge >= 0.3 is 0 Å². The Hall–Kier alpha value is -1.94. The average Bonchev–Trinajstić information content (AvgIpc) is 3.43. The topological polar surface area (TPSA) is 41.0 Å². The molecule has 2 heterocycles. The van der Waals surface area contributed by atoms with Crippen molar-refractivity contribution in [1.29, 1.82) is 0 Å². The van der Waals surface area contributed by atoms with Gasteiger partial charge in [0.25, 0.3) is 0 Å². The van der Waals surface area contributed by atoms with Crippen LogP contribution in [0, 0.1) is 5.92 Å². The molecule has 1 aliphatic heterocycles. The van der Waals surface area contributed by atoms with Crippen LogP contribution in [0.5, 0.6) is 0 Å². The lowest BCUT2D eigenvalue weighted by molar-refractivity contribution is 0.370. The summed E-state index contributed by atoms with van der Waals surface area (Å²) in [6.07, 6.45) is 8.77. The molecule has 0 bridgehead atoms. The predicted octanol–water partition coefficient (Wildman–Crippen LogP) is 3.23. The third kappa shape index (κ3) is 3.75. The first-order valence-corrected chi connectivity index (χ1v) is 9.20. The second-order valence-corrected chi connectivity index (χ2v) is 7.08. The quantitative estimate of drug-likeness (QED) is 0.886. The molecule has 4 rings (SSSR count). The molecule has 0 amide bonds. The molecular formula is C20H26N4. The Morgan fingerprint density at radius 2 is 1.75 bits per heavy atom. The van der Waals surface area contributed by atoms with Crippen LogP contribution in [0.3, 0.4) is 0 Å². The van der Waals surface area contributed by atoms with E-state index in [1.807, 2.05) is 18.5 Å². The normalized spacial score (nSPS) is 24.1. The largest absolute Gasteiger partial charge is 0.341 e.